The summed E-state index contributed by atoms with van der Waals surface area (Å²) in [6.45, 7) is 10.4. The van der Waals surface area contributed by atoms with E-state index in [1.165, 1.54) is 16.8 Å². The molecule has 0 N–H and O–H groups in total. The van der Waals surface area contributed by atoms with Crippen LogP contribution in [0.2, 0.25) is 0 Å². The standard InChI is InChI=1S/C19H23N5/c1-14-4-5-17(15(2)12-14)22-8-10-23(11-9-22)19-13-16(3)21-18-6-7-20-24(18)19/h4-7,12-13H,8-11H2,1-3H3. The summed E-state index contributed by atoms with van der Waals surface area (Å²) in [6.07, 6.45) is 1.82. The molecule has 0 aliphatic carbocycles. The normalized spacial score (nSPS) is 15.3. The molecule has 4 rings (SSSR count). The van der Waals surface area contributed by atoms with Crippen molar-refractivity contribution in [2.45, 2.75) is 20.8 Å². The summed E-state index contributed by atoms with van der Waals surface area (Å²) in [7, 11) is 0. The van der Waals surface area contributed by atoms with Crippen molar-refractivity contribution < 1.29 is 0 Å². The van der Waals surface area contributed by atoms with Gasteiger partial charge in [0.2, 0.25) is 0 Å². The zero-order chi connectivity index (χ0) is 16.7. The molecule has 2 aromatic heterocycles. The average Bonchev–Trinajstić information content (AvgIpc) is 3.02. The zero-order valence-electron chi connectivity index (χ0n) is 14.5. The van der Waals surface area contributed by atoms with Crippen molar-refractivity contribution in [2.75, 3.05) is 36.0 Å². The Hall–Kier alpha value is -2.56. The second-order valence-corrected chi connectivity index (χ2v) is 6.62. The summed E-state index contributed by atoms with van der Waals surface area (Å²) in [6, 6.07) is 10.8. The predicted octanol–water partition coefficient (Wildman–Crippen LogP) is 2.98. The Morgan fingerprint density at radius 1 is 0.875 bits per heavy atom. The van der Waals surface area contributed by atoms with Crippen molar-refractivity contribution in [3.8, 4) is 0 Å². The van der Waals surface area contributed by atoms with Crippen LogP contribution in [0.25, 0.3) is 5.65 Å². The maximum Gasteiger partial charge on any atom is 0.157 e. The van der Waals surface area contributed by atoms with E-state index in [1.807, 2.05) is 23.7 Å². The maximum atomic E-state index is 4.54. The Morgan fingerprint density at radius 3 is 2.38 bits per heavy atom. The first kappa shape index (κ1) is 15.0. The molecule has 0 unspecified atom stereocenters. The van der Waals surface area contributed by atoms with Gasteiger partial charge in [-0.15, -0.1) is 0 Å². The number of rotatable bonds is 2. The fourth-order valence-electron chi connectivity index (χ4n) is 3.58. The van der Waals surface area contributed by atoms with Gasteiger partial charge in [-0.2, -0.15) is 9.61 Å². The summed E-state index contributed by atoms with van der Waals surface area (Å²) in [5.74, 6) is 1.14. The van der Waals surface area contributed by atoms with Crippen LogP contribution in [0, 0.1) is 20.8 Å². The molecule has 124 valence electrons. The molecule has 0 spiro atoms. The highest BCUT2D eigenvalue weighted by Crippen LogP contribution is 2.24. The summed E-state index contributed by atoms with van der Waals surface area (Å²) in [4.78, 5) is 9.43. The Balaban J connectivity index is 1.56. The lowest BCUT2D eigenvalue weighted by Crippen LogP contribution is -2.47. The van der Waals surface area contributed by atoms with Gasteiger partial charge in [0.05, 0.1) is 6.20 Å². The molecule has 3 heterocycles. The van der Waals surface area contributed by atoms with Gasteiger partial charge in [-0.05, 0) is 32.4 Å². The molecule has 5 heteroatoms. The second-order valence-electron chi connectivity index (χ2n) is 6.62. The number of aromatic nitrogens is 3. The summed E-state index contributed by atoms with van der Waals surface area (Å²) in [5.41, 5.74) is 5.99. The molecule has 1 aliphatic heterocycles. The molecule has 1 saturated heterocycles. The fraction of sp³-hybridized carbons (Fsp3) is 0.368. The maximum absolute atomic E-state index is 4.54. The molecular formula is C19H23N5. The Kier molecular flexibility index (Phi) is 3.63. The van der Waals surface area contributed by atoms with E-state index in [4.69, 9.17) is 0 Å². The molecule has 0 amide bonds. The van der Waals surface area contributed by atoms with Crippen LogP contribution in [0.1, 0.15) is 16.8 Å². The number of benzene rings is 1. The van der Waals surface area contributed by atoms with Crippen molar-refractivity contribution in [1.82, 2.24) is 14.6 Å². The van der Waals surface area contributed by atoms with Crippen LogP contribution in [0.4, 0.5) is 11.5 Å². The average molecular weight is 321 g/mol. The van der Waals surface area contributed by atoms with Crippen molar-refractivity contribution in [2.24, 2.45) is 0 Å². The van der Waals surface area contributed by atoms with Crippen LogP contribution < -0.4 is 9.80 Å². The van der Waals surface area contributed by atoms with Crippen LogP contribution in [0.15, 0.2) is 36.5 Å². The van der Waals surface area contributed by atoms with E-state index in [9.17, 15) is 0 Å². The highest BCUT2D eigenvalue weighted by Gasteiger charge is 2.21. The van der Waals surface area contributed by atoms with E-state index in [0.29, 0.717) is 0 Å². The molecule has 0 atom stereocenters. The highest BCUT2D eigenvalue weighted by atomic mass is 15.4. The number of anilines is 2. The molecule has 0 radical (unpaired) electrons. The fourth-order valence-corrected chi connectivity index (χ4v) is 3.58. The highest BCUT2D eigenvalue weighted by molar-refractivity contribution is 5.57. The van der Waals surface area contributed by atoms with E-state index in [0.717, 1.165) is 43.3 Å². The first-order valence-corrected chi connectivity index (χ1v) is 8.50. The van der Waals surface area contributed by atoms with Crippen molar-refractivity contribution >= 4 is 17.2 Å². The number of piperazine rings is 1. The van der Waals surface area contributed by atoms with Gasteiger partial charge in [-0.25, -0.2) is 4.98 Å². The third-order valence-corrected chi connectivity index (χ3v) is 4.77. The third kappa shape index (κ3) is 2.60. The largest absolute Gasteiger partial charge is 0.368 e. The molecule has 0 saturated carbocycles. The summed E-state index contributed by atoms with van der Waals surface area (Å²) in [5, 5.41) is 4.43. The summed E-state index contributed by atoms with van der Waals surface area (Å²) >= 11 is 0. The van der Waals surface area contributed by atoms with Gasteiger partial charge in [0.25, 0.3) is 0 Å². The van der Waals surface area contributed by atoms with Gasteiger partial charge in [0.15, 0.2) is 5.65 Å². The van der Waals surface area contributed by atoms with Gasteiger partial charge in [-0.3, -0.25) is 0 Å². The quantitative estimate of drug-likeness (QED) is 0.727. The third-order valence-electron chi connectivity index (χ3n) is 4.77. The number of nitrogens with zero attached hydrogens (tertiary/aromatic N) is 5. The number of hydrogen-bond acceptors (Lipinski definition) is 4. The first-order chi connectivity index (χ1) is 11.6. The Labute approximate surface area is 142 Å². The van der Waals surface area contributed by atoms with Gasteiger partial charge in [0, 0.05) is 49.7 Å². The van der Waals surface area contributed by atoms with E-state index in [1.54, 1.807) is 0 Å². The van der Waals surface area contributed by atoms with Crippen LogP contribution in [-0.2, 0) is 0 Å². The lowest BCUT2D eigenvalue weighted by atomic mass is 10.1. The van der Waals surface area contributed by atoms with E-state index in [2.05, 4.69) is 58.0 Å². The molecule has 0 bridgehead atoms. The molecule has 1 fully saturated rings. The lowest BCUT2D eigenvalue weighted by Gasteiger charge is -2.38. The monoisotopic (exact) mass is 321 g/mol. The minimum atomic E-state index is 0.918. The van der Waals surface area contributed by atoms with Crippen LogP contribution in [-0.4, -0.2) is 40.8 Å². The Bertz CT molecular complexity index is 875. The Morgan fingerprint density at radius 2 is 1.62 bits per heavy atom. The first-order valence-electron chi connectivity index (χ1n) is 8.50. The van der Waals surface area contributed by atoms with Gasteiger partial charge in [0.1, 0.15) is 5.82 Å². The topological polar surface area (TPSA) is 36.7 Å². The second kappa shape index (κ2) is 5.82. The van der Waals surface area contributed by atoms with E-state index < -0.39 is 0 Å². The predicted molar refractivity (Wildman–Crippen MR) is 98.1 cm³/mol. The minimum absolute atomic E-state index is 0.918. The van der Waals surface area contributed by atoms with Crippen LogP contribution >= 0.6 is 0 Å². The molecular weight excluding hydrogens is 298 g/mol. The number of fused-ring (bicyclic) bond motifs is 1. The number of aryl methyl sites for hydroxylation is 3. The van der Waals surface area contributed by atoms with Crippen molar-refractivity contribution in [1.29, 1.82) is 0 Å². The zero-order valence-corrected chi connectivity index (χ0v) is 14.5. The van der Waals surface area contributed by atoms with Gasteiger partial charge in [-0.1, -0.05) is 17.7 Å². The lowest BCUT2D eigenvalue weighted by molar-refractivity contribution is 0.637. The van der Waals surface area contributed by atoms with Crippen molar-refractivity contribution in [3.05, 3.63) is 53.3 Å². The SMILES string of the molecule is Cc1ccc(N2CCN(c3cc(C)nc4ccnn34)CC2)c(C)c1. The van der Waals surface area contributed by atoms with Gasteiger partial charge >= 0.3 is 0 Å². The molecule has 24 heavy (non-hydrogen) atoms. The summed E-state index contributed by atoms with van der Waals surface area (Å²) < 4.78 is 1.94. The molecule has 1 aliphatic rings. The van der Waals surface area contributed by atoms with E-state index in [-0.39, 0.29) is 0 Å². The molecule has 1 aromatic carbocycles. The van der Waals surface area contributed by atoms with E-state index >= 15 is 0 Å². The van der Waals surface area contributed by atoms with Crippen LogP contribution in [0.5, 0.6) is 0 Å². The minimum Gasteiger partial charge on any atom is -0.368 e. The van der Waals surface area contributed by atoms with Crippen molar-refractivity contribution in [3.63, 3.8) is 0 Å². The van der Waals surface area contributed by atoms with Gasteiger partial charge < -0.3 is 9.80 Å². The van der Waals surface area contributed by atoms with Crippen LogP contribution in [0.3, 0.4) is 0 Å². The smallest absolute Gasteiger partial charge is 0.157 e. The number of hydrogen-bond donors (Lipinski definition) is 0. The molecule has 3 aromatic rings. The molecule has 5 nitrogen and oxygen atoms in total.